The fourth-order valence-corrected chi connectivity index (χ4v) is 2.59. The Labute approximate surface area is 120 Å². The lowest BCUT2D eigenvalue weighted by atomic mass is 10.2. The lowest BCUT2D eigenvalue weighted by Crippen LogP contribution is -2.55. The molecule has 1 aliphatic rings. The molecule has 0 aliphatic carbocycles. The number of likely N-dealkylation sites (N-methyl/N-ethyl adjacent to an activating group) is 1. The molecule has 2 rings (SSSR count). The van der Waals surface area contributed by atoms with Crippen LogP contribution >= 0.6 is 11.6 Å². The number of hydrogen-bond acceptors (Lipinski definition) is 4. The van der Waals surface area contributed by atoms with Gasteiger partial charge < -0.3 is 15.4 Å². The lowest BCUT2D eigenvalue weighted by molar-refractivity contribution is 0.0807. The number of nitrogens with zero attached hydrogens (tertiary/aromatic N) is 2. The van der Waals surface area contributed by atoms with Crippen molar-refractivity contribution < 1.29 is 4.74 Å². The second-order valence-corrected chi connectivity index (χ2v) is 5.37. The first-order valence-corrected chi connectivity index (χ1v) is 7.08. The molecule has 1 aromatic rings. The molecule has 1 fully saturated rings. The molecule has 0 aromatic heterocycles. The van der Waals surface area contributed by atoms with E-state index in [4.69, 9.17) is 22.1 Å². The van der Waals surface area contributed by atoms with Gasteiger partial charge in [-0.15, -0.1) is 0 Å². The van der Waals surface area contributed by atoms with E-state index in [1.807, 2.05) is 24.3 Å². The SMILES string of the molecule is CN1CCN(CCOc2ccccc2Cl)C(CN)C1. The maximum atomic E-state index is 6.06. The van der Waals surface area contributed by atoms with Gasteiger partial charge in [0.1, 0.15) is 12.4 Å². The van der Waals surface area contributed by atoms with Crippen LogP contribution in [0.2, 0.25) is 5.02 Å². The van der Waals surface area contributed by atoms with Gasteiger partial charge in [0.25, 0.3) is 0 Å². The third-order valence-corrected chi connectivity index (χ3v) is 3.86. The van der Waals surface area contributed by atoms with E-state index in [2.05, 4.69) is 16.8 Å². The van der Waals surface area contributed by atoms with Gasteiger partial charge in [-0.3, -0.25) is 4.90 Å². The zero-order valence-electron chi connectivity index (χ0n) is 11.4. The van der Waals surface area contributed by atoms with E-state index in [1.54, 1.807) is 0 Å². The number of hydrogen-bond donors (Lipinski definition) is 1. The fourth-order valence-electron chi connectivity index (χ4n) is 2.40. The molecule has 1 heterocycles. The molecule has 4 nitrogen and oxygen atoms in total. The van der Waals surface area contributed by atoms with Gasteiger partial charge in [-0.05, 0) is 19.2 Å². The number of ether oxygens (including phenoxy) is 1. The maximum absolute atomic E-state index is 6.06. The summed E-state index contributed by atoms with van der Waals surface area (Å²) in [5.74, 6) is 0.752. The van der Waals surface area contributed by atoms with Crippen molar-refractivity contribution in [3.63, 3.8) is 0 Å². The summed E-state index contributed by atoms with van der Waals surface area (Å²) in [5, 5.41) is 0.663. The highest BCUT2D eigenvalue weighted by molar-refractivity contribution is 6.32. The van der Waals surface area contributed by atoms with Gasteiger partial charge in [-0.25, -0.2) is 0 Å². The summed E-state index contributed by atoms with van der Waals surface area (Å²) < 4.78 is 5.73. The highest BCUT2D eigenvalue weighted by atomic mass is 35.5. The summed E-state index contributed by atoms with van der Waals surface area (Å²) in [5.41, 5.74) is 5.83. The first-order valence-electron chi connectivity index (χ1n) is 6.70. The standard InChI is InChI=1S/C14H22ClN3O/c1-17-6-7-18(12(10-16)11-17)8-9-19-14-5-3-2-4-13(14)15/h2-5,12H,6-11,16H2,1H3. The topological polar surface area (TPSA) is 41.7 Å². The Morgan fingerprint density at radius 2 is 2.16 bits per heavy atom. The predicted molar refractivity (Wildman–Crippen MR) is 78.9 cm³/mol. The molecule has 1 atom stereocenters. The van der Waals surface area contributed by atoms with E-state index in [0.717, 1.165) is 31.9 Å². The minimum atomic E-state index is 0.425. The van der Waals surface area contributed by atoms with Gasteiger partial charge in [0.15, 0.2) is 0 Å². The first-order chi connectivity index (χ1) is 9.20. The van der Waals surface area contributed by atoms with Crippen LogP contribution < -0.4 is 10.5 Å². The smallest absolute Gasteiger partial charge is 0.137 e. The van der Waals surface area contributed by atoms with E-state index in [9.17, 15) is 0 Å². The second-order valence-electron chi connectivity index (χ2n) is 4.97. The molecule has 2 N–H and O–H groups in total. The molecule has 1 unspecified atom stereocenters. The molecule has 1 aliphatic heterocycles. The number of rotatable bonds is 5. The lowest BCUT2D eigenvalue weighted by Gasteiger charge is -2.39. The predicted octanol–water partition coefficient (Wildman–Crippen LogP) is 1.29. The number of piperazine rings is 1. The molecule has 1 saturated heterocycles. The summed E-state index contributed by atoms with van der Waals surface area (Å²) in [6.45, 7) is 5.39. The van der Waals surface area contributed by atoms with Crippen LogP contribution in [-0.4, -0.2) is 62.2 Å². The van der Waals surface area contributed by atoms with Gasteiger partial charge in [-0.2, -0.15) is 0 Å². The fraction of sp³-hybridized carbons (Fsp3) is 0.571. The number of benzene rings is 1. The van der Waals surface area contributed by atoms with Crippen LogP contribution in [0.3, 0.4) is 0 Å². The Hall–Kier alpha value is -0.810. The normalized spacial score (nSPS) is 21.5. The Morgan fingerprint density at radius 3 is 2.89 bits per heavy atom. The molecule has 0 amide bonds. The van der Waals surface area contributed by atoms with Crippen molar-refractivity contribution in [2.75, 3.05) is 46.4 Å². The van der Waals surface area contributed by atoms with Crippen LogP contribution in [0.15, 0.2) is 24.3 Å². The Morgan fingerprint density at radius 1 is 1.37 bits per heavy atom. The van der Waals surface area contributed by atoms with Gasteiger partial charge in [-0.1, -0.05) is 23.7 Å². The van der Waals surface area contributed by atoms with Crippen molar-refractivity contribution in [1.82, 2.24) is 9.80 Å². The van der Waals surface area contributed by atoms with Crippen LogP contribution in [0.1, 0.15) is 0 Å². The Bertz CT molecular complexity index is 402. The van der Waals surface area contributed by atoms with Crippen LogP contribution in [0.5, 0.6) is 5.75 Å². The van der Waals surface area contributed by atoms with Gasteiger partial charge in [0.2, 0.25) is 0 Å². The van der Waals surface area contributed by atoms with E-state index in [-0.39, 0.29) is 0 Å². The highest BCUT2D eigenvalue weighted by Crippen LogP contribution is 2.23. The van der Waals surface area contributed by atoms with Gasteiger partial charge in [0.05, 0.1) is 5.02 Å². The van der Waals surface area contributed by atoms with E-state index >= 15 is 0 Å². The highest BCUT2D eigenvalue weighted by Gasteiger charge is 2.23. The van der Waals surface area contributed by atoms with Crippen molar-refractivity contribution >= 4 is 11.6 Å². The van der Waals surface area contributed by atoms with Gasteiger partial charge in [0, 0.05) is 38.8 Å². The third-order valence-electron chi connectivity index (χ3n) is 3.55. The summed E-state index contributed by atoms with van der Waals surface area (Å²) in [6, 6.07) is 8.00. The van der Waals surface area contributed by atoms with Crippen LogP contribution in [0.25, 0.3) is 0 Å². The summed E-state index contributed by atoms with van der Waals surface area (Å²) in [4.78, 5) is 4.72. The molecule has 19 heavy (non-hydrogen) atoms. The second kappa shape index (κ2) is 7.10. The molecule has 1 aromatic carbocycles. The Balaban J connectivity index is 1.80. The minimum absolute atomic E-state index is 0.425. The quantitative estimate of drug-likeness (QED) is 0.884. The molecule has 106 valence electrons. The number of halogens is 1. The van der Waals surface area contributed by atoms with E-state index in [0.29, 0.717) is 24.2 Å². The van der Waals surface area contributed by atoms with Crippen LogP contribution in [0, 0.1) is 0 Å². The third kappa shape index (κ3) is 4.08. The zero-order chi connectivity index (χ0) is 13.7. The maximum Gasteiger partial charge on any atom is 0.137 e. The first kappa shape index (κ1) is 14.6. The van der Waals surface area contributed by atoms with Crippen molar-refractivity contribution in [2.45, 2.75) is 6.04 Å². The van der Waals surface area contributed by atoms with E-state index < -0.39 is 0 Å². The summed E-state index contributed by atoms with van der Waals surface area (Å²) in [7, 11) is 2.14. The Kier molecular flexibility index (Phi) is 5.45. The molecule has 0 radical (unpaired) electrons. The zero-order valence-corrected chi connectivity index (χ0v) is 12.1. The molecule has 0 saturated carbocycles. The van der Waals surface area contributed by atoms with Crippen molar-refractivity contribution in [3.8, 4) is 5.75 Å². The summed E-state index contributed by atoms with van der Waals surface area (Å²) >= 11 is 6.06. The van der Waals surface area contributed by atoms with Crippen molar-refractivity contribution in [1.29, 1.82) is 0 Å². The molecular weight excluding hydrogens is 262 g/mol. The monoisotopic (exact) mass is 283 g/mol. The minimum Gasteiger partial charge on any atom is -0.491 e. The van der Waals surface area contributed by atoms with Crippen LogP contribution in [-0.2, 0) is 0 Å². The van der Waals surface area contributed by atoms with Crippen molar-refractivity contribution in [2.24, 2.45) is 5.73 Å². The number of nitrogens with two attached hydrogens (primary N) is 1. The van der Waals surface area contributed by atoms with E-state index in [1.165, 1.54) is 0 Å². The molecular formula is C14H22ClN3O. The van der Waals surface area contributed by atoms with Crippen LogP contribution in [0.4, 0.5) is 0 Å². The van der Waals surface area contributed by atoms with Crippen molar-refractivity contribution in [3.05, 3.63) is 29.3 Å². The average molecular weight is 284 g/mol. The molecule has 5 heteroatoms. The summed E-state index contributed by atoms with van der Waals surface area (Å²) in [6.07, 6.45) is 0. The molecule has 0 spiro atoms. The largest absolute Gasteiger partial charge is 0.491 e. The number of para-hydroxylation sites is 1. The molecule has 0 bridgehead atoms. The van der Waals surface area contributed by atoms with Gasteiger partial charge >= 0.3 is 0 Å². The average Bonchev–Trinajstić information content (AvgIpc) is 2.42.